The number of benzene rings is 1. The highest BCUT2D eigenvalue weighted by Crippen LogP contribution is 2.11. The molecule has 0 spiro atoms. The quantitative estimate of drug-likeness (QED) is 0.641. The van der Waals surface area contributed by atoms with Crippen LogP contribution in [-0.2, 0) is 13.0 Å². The van der Waals surface area contributed by atoms with Crippen molar-refractivity contribution in [2.75, 3.05) is 0 Å². The van der Waals surface area contributed by atoms with Gasteiger partial charge in [-0.05, 0) is 12.1 Å². The second kappa shape index (κ2) is 4.66. The molecule has 3 aromatic rings. The lowest BCUT2D eigenvalue weighted by atomic mass is 10.3. The molecule has 0 radical (unpaired) electrons. The van der Waals surface area contributed by atoms with Crippen LogP contribution < -0.4 is 11.3 Å². The van der Waals surface area contributed by atoms with Gasteiger partial charge in [-0.1, -0.05) is 12.1 Å². The molecule has 0 amide bonds. The van der Waals surface area contributed by atoms with Gasteiger partial charge < -0.3 is 15.7 Å². The zero-order valence-corrected chi connectivity index (χ0v) is 10.2. The number of nitrogens with one attached hydrogen (secondary N) is 2. The summed E-state index contributed by atoms with van der Waals surface area (Å²) in [6.45, 7) is 0.188. The van der Waals surface area contributed by atoms with Crippen molar-refractivity contribution in [2.24, 2.45) is 5.73 Å². The van der Waals surface area contributed by atoms with Crippen molar-refractivity contribution in [1.29, 1.82) is 0 Å². The van der Waals surface area contributed by atoms with Gasteiger partial charge in [0.05, 0.1) is 17.5 Å². The highest BCUT2D eigenvalue weighted by Gasteiger charge is 2.06. The summed E-state index contributed by atoms with van der Waals surface area (Å²) in [5, 5.41) is 0. The third-order valence-corrected chi connectivity index (χ3v) is 2.92. The van der Waals surface area contributed by atoms with E-state index in [0.29, 0.717) is 17.8 Å². The number of para-hydroxylation sites is 2. The highest BCUT2D eigenvalue weighted by atomic mass is 16.1. The third kappa shape index (κ3) is 2.25. The zero-order valence-electron chi connectivity index (χ0n) is 10.2. The first-order valence-corrected chi connectivity index (χ1v) is 5.97. The smallest absolute Gasteiger partial charge is 0.255 e. The van der Waals surface area contributed by atoms with E-state index in [9.17, 15) is 4.79 Å². The first kappa shape index (κ1) is 11.6. The topological polar surface area (TPSA) is 100 Å². The molecule has 4 N–H and O–H groups in total. The molecule has 0 aliphatic rings. The van der Waals surface area contributed by atoms with Crippen molar-refractivity contribution in [3.63, 3.8) is 0 Å². The molecule has 0 saturated heterocycles. The van der Waals surface area contributed by atoms with Gasteiger partial charge in [0.25, 0.3) is 5.56 Å². The number of imidazole rings is 1. The number of nitrogens with two attached hydrogens (primary N) is 1. The molecule has 0 aliphatic heterocycles. The normalized spacial score (nSPS) is 11.0. The van der Waals surface area contributed by atoms with Gasteiger partial charge in [-0.25, -0.2) is 9.97 Å². The van der Waals surface area contributed by atoms with Crippen molar-refractivity contribution in [1.82, 2.24) is 19.9 Å². The summed E-state index contributed by atoms with van der Waals surface area (Å²) in [5.74, 6) is 1.34. The Balaban J connectivity index is 1.92. The molecule has 2 aromatic heterocycles. The average Bonchev–Trinajstić information content (AvgIpc) is 2.81. The van der Waals surface area contributed by atoms with E-state index in [1.807, 2.05) is 24.3 Å². The first-order chi connectivity index (χ1) is 9.26. The number of H-pyrrole nitrogens is 2. The summed E-state index contributed by atoms with van der Waals surface area (Å²) in [4.78, 5) is 26.2. The van der Waals surface area contributed by atoms with Gasteiger partial charge in [0.2, 0.25) is 0 Å². The van der Waals surface area contributed by atoms with E-state index in [2.05, 4.69) is 19.9 Å². The van der Waals surface area contributed by atoms with Crippen molar-refractivity contribution >= 4 is 11.0 Å². The molecule has 0 bridgehead atoms. The molecule has 0 atom stereocenters. The number of aromatic amines is 2. The Kier molecular flexibility index (Phi) is 2.85. The van der Waals surface area contributed by atoms with E-state index >= 15 is 0 Å². The monoisotopic (exact) mass is 255 g/mol. The number of aromatic nitrogens is 4. The predicted octanol–water partition coefficient (Wildman–Crippen LogP) is 0.696. The van der Waals surface area contributed by atoms with Crippen molar-refractivity contribution in [2.45, 2.75) is 13.0 Å². The van der Waals surface area contributed by atoms with Crippen LogP contribution in [0.4, 0.5) is 0 Å². The molecule has 19 heavy (non-hydrogen) atoms. The van der Waals surface area contributed by atoms with Crippen LogP contribution in [-0.4, -0.2) is 19.9 Å². The Morgan fingerprint density at radius 3 is 2.74 bits per heavy atom. The number of hydrogen-bond donors (Lipinski definition) is 3. The molecule has 0 saturated carbocycles. The molecular weight excluding hydrogens is 242 g/mol. The summed E-state index contributed by atoms with van der Waals surface area (Å²) >= 11 is 0. The maximum absolute atomic E-state index is 11.6. The Morgan fingerprint density at radius 1 is 1.16 bits per heavy atom. The van der Waals surface area contributed by atoms with Gasteiger partial charge in [-0.2, -0.15) is 0 Å². The van der Waals surface area contributed by atoms with Crippen LogP contribution in [0.3, 0.4) is 0 Å². The summed E-state index contributed by atoms with van der Waals surface area (Å²) in [6, 6.07) is 7.77. The lowest BCUT2D eigenvalue weighted by Gasteiger charge is -1.99. The SMILES string of the molecule is NCc1cnc(Cc2nc3ccccc3[nH]2)[nH]c1=O. The molecule has 0 aliphatic carbocycles. The highest BCUT2D eigenvalue weighted by molar-refractivity contribution is 5.74. The molecule has 0 unspecified atom stereocenters. The number of fused-ring (bicyclic) bond motifs is 1. The Bertz CT molecular complexity index is 741. The number of rotatable bonds is 3. The van der Waals surface area contributed by atoms with E-state index in [1.165, 1.54) is 6.20 Å². The summed E-state index contributed by atoms with van der Waals surface area (Å²) < 4.78 is 0. The molecule has 6 nitrogen and oxygen atoms in total. The predicted molar refractivity (Wildman–Crippen MR) is 71.6 cm³/mol. The zero-order chi connectivity index (χ0) is 13.2. The Labute approximate surface area is 108 Å². The fourth-order valence-corrected chi connectivity index (χ4v) is 1.94. The lowest BCUT2D eigenvalue weighted by molar-refractivity contribution is 0.872. The molecular formula is C13H13N5O. The van der Waals surface area contributed by atoms with E-state index in [-0.39, 0.29) is 12.1 Å². The van der Waals surface area contributed by atoms with Gasteiger partial charge in [0.1, 0.15) is 11.6 Å². The molecule has 96 valence electrons. The minimum Gasteiger partial charge on any atom is -0.342 e. The van der Waals surface area contributed by atoms with Crippen molar-refractivity contribution in [3.8, 4) is 0 Å². The van der Waals surface area contributed by atoms with Crippen LogP contribution in [0.1, 0.15) is 17.2 Å². The van der Waals surface area contributed by atoms with E-state index in [0.717, 1.165) is 16.9 Å². The van der Waals surface area contributed by atoms with Crippen LogP contribution in [0.5, 0.6) is 0 Å². The first-order valence-electron chi connectivity index (χ1n) is 5.97. The van der Waals surface area contributed by atoms with E-state index in [1.54, 1.807) is 0 Å². The average molecular weight is 255 g/mol. The Morgan fingerprint density at radius 2 is 2.00 bits per heavy atom. The summed E-state index contributed by atoms with van der Waals surface area (Å²) in [7, 11) is 0. The van der Waals surface area contributed by atoms with Crippen LogP contribution in [0.25, 0.3) is 11.0 Å². The maximum Gasteiger partial charge on any atom is 0.255 e. The molecule has 6 heteroatoms. The van der Waals surface area contributed by atoms with Gasteiger partial charge in [-0.15, -0.1) is 0 Å². The minimum absolute atomic E-state index is 0.188. The summed E-state index contributed by atoms with van der Waals surface area (Å²) in [6.07, 6.45) is 1.96. The van der Waals surface area contributed by atoms with Gasteiger partial charge in [-0.3, -0.25) is 4.79 Å². The van der Waals surface area contributed by atoms with Crippen LogP contribution >= 0.6 is 0 Å². The molecule has 2 heterocycles. The second-order valence-corrected chi connectivity index (χ2v) is 4.27. The van der Waals surface area contributed by atoms with Crippen LogP contribution in [0, 0.1) is 0 Å². The molecule has 1 aromatic carbocycles. The Hall–Kier alpha value is -2.47. The fourth-order valence-electron chi connectivity index (χ4n) is 1.94. The largest absolute Gasteiger partial charge is 0.342 e. The summed E-state index contributed by atoms with van der Waals surface area (Å²) in [5.41, 5.74) is 7.59. The second-order valence-electron chi connectivity index (χ2n) is 4.27. The maximum atomic E-state index is 11.6. The number of hydrogen-bond acceptors (Lipinski definition) is 4. The van der Waals surface area contributed by atoms with Crippen molar-refractivity contribution < 1.29 is 0 Å². The third-order valence-electron chi connectivity index (χ3n) is 2.92. The molecule has 0 fully saturated rings. The standard InChI is InChI=1S/C13H13N5O/c14-6-8-7-15-11(18-13(8)19)5-12-16-9-3-1-2-4-10(9)17-12/h1-4,7H,5-6,14H2,(H,16,17)(H,15,18,19). The van der Waals surface area contributed by atoms with Gasteiger partial charge in [0.15, 0.2) is 0 Å². The van der Waals surface area contributed by atoms with Crippen LogP contribution in [0.15, 0.2) is 35.3 Å². The van der Waals surface area contributed by atoms with E-state index in [4.69, 9.17) is 5.73 Å². The van der Waals surface area contributed by atoms with Crippen molar-refractivity contribution in [3.05, 3.63) is 58.0 Å². The van der Waals surface area contributed by atoms with E-state index < -0.39 is 0 Å². The van der Waals surface area contributed by atoms with Crippen LogP contribution in [0.2, 0.25) is 0 Å². The van der Waals surface area contributed by atoms with Gasteiger partial charge >= 0.3 is 0 Å². The van der Waals surface area contributed by atoms with Gasteiger partial charge in [0, 0.05) is 18.3 Å². The fraction of sp³-hybridized carbons (Fsp3) is 0.154. The minimum atomic E-state index is -0.191. The lowest BCUT2D eigenvalue weighted by Crippen LogP contribution is -2.19. The molecule has 3 rings (SSSR count). The number of nitrogens with zero attached hydrogens (tertiary/aromatic N) is 2.